The summed E-state index contributed by atoms with van der Waals surface area (Å²) in [6.45, 7) is 4.05. The summed E-state index contributed by atoms with van der Waals surface area (Å²) in [5, 5.41) is 9.24. The van der Waals surface area contributed by atoms with Gasteiger partial charge in [-0.3, -0.25) is 0 Å². The Balaban J connectivity index is 2.39. The van der Waals surface area contributed by atoms with Gasteiger partial charge in [0, 0.05) is 18.4 Å². The normalized spacial score (nSPS) is 10.4. The molecule has 18 heavy (non-hydrogen) atoms. The van der Waals surface area contributed by atoms with E-state index >= 15 is 0 Å². The van der Waals surface area contributed by atoms with Crippen molar-refractivity contribution in [2.75, 3.05) is 11.9 Å². The Hall–Kier alpha value is -1.87. The summed E-state index contributed by atoms with van der Waals surface area (Å²) in [4.78, 5) is 6.53. The minimum absolute atomic E-state index is 0.0397. The zero-order chi connectivity index (χ0) is 13.1. The number of aliphatic hydroxyl groups excluding tert-OH is 1. The summed E-state index contributed by atoms with van der Waals surface area (Å²) in [6, 6.07) is 12.1. The number of pyridine rings is 1. The number of hydrogen-bond acceptors (Lipinski definition) is 3. The number of aliphatic hydroxyl groups is 1. The molecule has 0 amide bonds. The molecule has 2 rings (SSSR count). The molecule has 0 saturated heterocycles. The van der Waals surface area contributed by atoms with E-state index in [0.717, 1.165) is 22.8 Å². The number of aromatic nitrogens is 1. The smallest absolute Gasteiger partial charge is 0.133 e. The summed E-state index contributed by atoms with van der Waals surface area (Å²) in [7, 11) is 1.98. The van der Waals surface area contributed by atoms with E-state index in [0.29, 0.717) is 0 Å². The molecular formula is C15H18N2O. The van der Waals surface area contributed by atoms with Gasteiger partial charge in [0.1, 0.15) is 5.82 Å². The Labute approximate surface area is 108 Å². The lowest BCUT2D eigenvalue weighted by molar-refractivity contribution is 0.281. The number of benzene rings is 1. The van der Waals surface area contributed by atoms with E-state index in [9.17, 15) is 5.11 Å². The summed E-state index contributed by atoms with van der Waals surface area (Å²) in [6.07, 6.45) is 0. The third kappa shape index (κ3) is 2.68. The number of hydrogen-bond donors (Lipinski definition) is 1. The number of anilines is 2. The van der Waals surface area contributed by atoms with Gasteiger partial charge in [0.25, 0.3) is 0 Å². The third-order valence-corrected chi connectivity index (χ3v) is 2.91. The SMILES string of the molecule is Cc1cccc(N(C)c2cc(CO)cc(C)n2)c1. The van der Waals surface area contributed by atoms with E-state index < -0.39 is 0 Å². The van der Waals surface area contributed by atoms with Crippen LogP contribution in [-0.4, -0.2) is 17.1 Å². The molecule has 0 spiro atoms. The summed E-state index contributed by atoms with van der Waals surface area (Å²) < 4.78 is 0. The van der Waals surface area contributed by atoms with Crippen molar-refractivity contribution in [3.05, 3.63) is 53.2 Å². The van der Waals surface area contributed by atoms with Crippen LogP contribution in [0.3, 0.4) is 0 Å². The molecule has 94 valence electrons. The fourth-order valence-electron chi connectivity index (χ4n) is 1.95. The van der Waals surface area contributed by atoms with Crippen molar-refractivity contribution in [2.45, 2.75) is 20.5 Å². The van der Waals surface area contributed by atoms with Gasteiger partial charge in [-0.25, -0.2) is 4.98 Å². The van der Waals surface area contributed by atoms with E-state index in [1.54, 1.807) is 0 Å². The lowest BCUT2D eigenvalue weighted by Gasteiger charge is -2.20. The molecule has 0 atom stereocenters. The molecule has 1 aromatic carbocycles. The molecule has 0 aliphatic heterocycles. The monoisotopic (exact) mass is 242 g/mol. The van der Waals surface area contributed by atoms with Crippen LogP contribution in [-0.2, 0) is 6.61 Å². The predicted octanol–water partition coefficient (Wildman–Crippen LogP) is 2.96. The highest BCUT2D eigenvalue weighted by Gasteiger charge is 2.07. The molecular weight excluding hydrogens is 224 g/mol. The number of nitrogens with zero attached hydrogens (tertiary/aromatic N) is 2. The molecule has 3 nitrogen and oxygen atoms in total. The van der Waals surface area contributed by atoms with Crippen molar-refractivity contribution in [3.8, 4) is 0 Å². The maximum absolute atomic E-state index is 9.24. The van der Waals surface area contributed by atoms with Crippen LogP contribution in [0.4, 0.5) is 11.5 Å². The molecule has 0 aliphatic rings. The van der Waals surface area contributed by atoms with Crippen LogP contribution in [0.1, 0.15) is 16.8 Å². The second kappa shape index (κ2) is 5.19. The summed E-state index contributed by atoms with van der Waals surface area (Å²) >= 11 is 0. The molecule has 2 aromatic rings. The van der Waals surface area contributed by atoms with Crippen molar-refractivity contribution in [1.82, 2.24) is 4.98 Å². The fourth-order valence-corrected chi connectivity index (χ4v) is 1.95. The van der Waals surface area contributed by atoms with Crippen molar-refractivity contribution in [2.24, 2.45) is 0 Å². The predicted molar refractivity (Wildman–Crippen MR) is 74.1 cm³/mol. The van der Waals surface area contributed by atoms with Gasteiger partial charge in [0.15, 0.2) is 0 Å². The van der Waals surface area contributed by atoms with E-state index in [-0.39, 0.29) is 6.61 Å². The van der Waals surface area contributed by atoms with E-state index in [4.69, 9.17) is 0 Å². The molecule has 0 fully saturated rings. The highest BCUT2D eigenvalue weighted by Crippen LogP contribution is 2.23. The first kappa shape index (κ1) is 12.6. The standard InChI is InChI=1S/C15H18N2O/c1-11-5-4-6-14(7-11)17(3)15-9-13(10-18)8-12(2)16-15/h4-9,18H,10H2,1-3H3. The molecule has 0 bridgehead atoms. The number of aryl methyl sites for hydroxylation is 2. The fraction of sp³-hybridized carbons (Fsp3) is 0.267. The van der Waals surface area contributed by atoms with Gasteiger partial charge in [0.2, 0.25) is 0 Å². The molecule has 3 heteroatoms. The van der Waals surface area contributed by atoms with Gasteiger partial charge in [-0.1, -0.05) is 12.1 Å². The van der Waals surface area contributed by atoms with Gasteiger partial charge >= 0.3 is 0 Å². The lowest BCUT2D eigenvalue weighted by atomic mass is 10.2. The Kier molecular flexibility index (Phi) is 3.63. The van der Waals surface area contributed by atoms with Crippen molar-refractivity contribution in [3.63, 3.8) is 0 Å². The van der Waals surface area contributed by atoms with Crippen LogP contribution in [0.2, 0.25) is 0 Å². The van der Waals surface area contributed by atoms with Gasteiger partial charge in [-0.15, -0.1) is 0 Å². The van der Waals surface area contributed by atoms with Crippen molar-refractivity contribution >= 4 is 11.5 Å². The zero-order valence-electron chi connectivity index (χ0n) is 11.0. The summed E-state index contributed by atoms with van der Waals surface area (Å²) in [5.74, 6) is 0.852. The zero-order valence-corrected chi connectivity index (χ0v) is 11.0. The van der Waals surface area contributed by atoms with E-state index in [1.165, 1.54) is 5.56 Å². The first-order valence-electron chi connectivity index (χ1n) is 5.99. The van der Waals surface area contributed by atoms with E-state index in [1.807, 2.05) is 37.1 Å². The second-order valence-corrected chi connectivity index (χ2v) is 4.53. The maximum atomic E-state index is 9.24. The molecule has 0 radical (unpaired) electrons. The Morgan fingerprint density at radius 1 is 1.17 bits per heavy atom. The minimum Gasteiger partial charge on any atom is -0.392 e. The van der Waals surface area contributed by atoms with Crippen LogP contribution >= 0.6 is 0 Å². The van der Waals surface area contributed by atoms with Gasteiger partial charge in [-0.2, -0.15) is 0 Å². The molecule has 0 unspecified atom stereocenters. The molecule has 0 aliphatic carbocycles. The maximum Gasteiger partial charge on any atom is 0.133 e. The molecule has 1 aromatic heterocycles. The summed E-state index contributed by atoms with van der Waals surface area (Å²) in [5.41, 5.74) is 4.11. The highest BCUT2D eigenvalue weighted by atomic mass is 16.3. The van der Waals surface area contributed by atoms with Gasteiger partial charge < -0.3 is 10.0 Å². The van der Waals surface area contributed by atoms with Gasteiger partial charge in [0.05, 0.1) is 6.61 Å². The average Bonchev–Trinajstić information content (AvgIpc) is 2.37. The van der Waals surface area contributed by atoms with Gasteiger partial charge in [-0.05, 0) is 49.2 Å². The molecule has 1 heterocycles. The van der Waals surface area contributed by atoms with Crippen LogP contribution in [0.5, 0.6) is 0 Å². The third-order valence-electron chi connectivity index (χ3n) is 2.91. The first-order valence-corrected chi connectivity index (χ1v) is 5.99. The van der Waals surface area contributed by atoms with Crippen LogP contribution < -0.4 is 4.90 Å². The first-order chi connectivity index (χ1) is 8.60. The van der Waals surface area contributed by atoms with Crippen LogP contribution in [0.15, 0.2) is 36.4 Å². The Bertz CT molecular complexity index is 552. The molecule has 1 N–H and O–H groups in total. The van der Waals surface area contributed by atoms with Crippen molar-refractivity contribution < 1.29 is 5.11 Å². The number of rotatable bonds is 3. The minimum atomic E-state index is 0.0397. The second-order valence-electron chi connectivity index (χ2n) is 4.53. The van der Waals surface area contributed by atoms with Crippen LogP contribution in [0.25, 0.3) is 0 Å². The lowest BCUT2D eigenvalue weighted by Crippen LogP contribution is -2.12. The Morgan fingerprint density at radius 2 is 1.94 bits per heavy atom. The molecule has 0 saturated carbocycles. The topological polar surface area (TPSA) is 36.4 Å². The van der Waals surface area contributed by atoms with Crippen LogP contribution in [0, 0.1) is 13.8 Å². The highest BCUT2D eigenvalue weighted by molar-refractivity contribution is 5.60. The van der Waals surface area contributed by atoms with Crippen molar-refractivity contribution in [1.29, 1.82) is 0 Å². The average molecular weight is 242 g/mol. The Morgan fingerprint density at radius 3 is 2.61 bits per heavy atom. The largest absolute Gasteiger partial charge is 0.392 e. The van der Waals surface area contributed by atoms with E-state index in [2.05, 4.69) is 30.1 Å². The quantitative estimate of drug-likeness (QED) is 0.899.